The Morgan fingerprint density at radius 2 is 1.95 bits per heavy atom. The molecule has 0 amide bonds. The summed E-state index contributed by atoms with van der Waals surface area (Å²) < 4.78 is 2.13. The molecule has 22 heavy (non-hydrogen) atoms. The van der Waals surface area contributed by atoms with Crippen molar-refractivity contribution in [3.63, 3.8) is 0 Å². The predicted molar refractivity (Wildman–Crippen MR) is 87.7 cm³/mol. The zero-order valence-electron chi connectivity index (χ0n) is 13.5. The summed E-state index contributed by atoms with van der Waals surface area (Å²) >= 11 is 0. The van der Waals surface area contributed by atoms with E-state index in [4.69, 9.17) is 0 Å². The third-order valence-corrected chi connectivity index (χ3v) is 4.89. The maximum absolute atomic E-state index is 9.87. The van der Waals surface area contributed by atoms with E-state index in [2.05, 4.69) is 27.3 Å². The Labute approximate surface area is 132 Å². The first-order valence-electron chi connectivity index (χ1n) is 8.23. The van der Waals surface area contributed by atoms with Gasteiger partial charge in [0.1, 0.15) is 11.2 Å². The van der Waals surface area contributed by atoms with Crippen LogP contribution in [-0.4, -0.2) is 32.9 Å². The van der Waals surface area contributed by atoms with Gasteiger partial charge in [-0.1, -0.05) is 18.9 Å². The van der Waals surface area contributed by atoms with Gasteiger partial charge in [-0.25, -0.2) is 4.98 Å². The molecule has 4 heteroatoms. The SMILES string of the molecule is Cc1nc2ccccn2c1CC(C)(C#N)N1CCCCCC1. The van der Waals surface area contributed by atoms with E-state index in [-0.39, 0.29) is 0 Å². The highest BCUT2D eigenvalue weighted by Crippen LogP contribution is 2.26. The Morgan fingerprint density at radius 3 is 2.64 bits per heavy atom. The average Bonchev–Trinajstić information content (AvgIpc) is 2.73. The number of nitrogens with zero attached hydrogens (tertiary/aromatic N) is 4. The van der Waals surface area contributed by atoms with Gasteiger partial charge in [-0.2, -0.15) is 5.26 Å². The van der Waals surface area contributed by atoms with E-state index in [1.165, 1.54) is 25.7 Å². The van der Waals surface area contributed by atoms with Crippen molar-refractivity contribution < 1.29 is 0 Å². The lowest BCUT2D eigenvalue weighted by atomic mass is 9.94. The van der Waals surface area contributed by atoms with Crippen molar-refractivity contribution in [2.24, 2.45) is 0 Å². The molecule has 1 atom stereocenters. The average molecular weight is 296 g/mol. The lowest BCUT2D eigenvalue weighted by Crippen LogP contribution is -2.47. The lowest BCUT2D eigenvalue weighted by Gasteiger charge is -2.35. The van der Waals surface area contributed by atoms with Crippen LogP contribution < -0.4 is 0 Å². The van der Waals surface area contributed by atoms with Crippen LogP contribution in [0.25, 0.3) is 5.65 Å². The molecule has 0 N–H and O–H groups in total. The number of fused-ring (bicyclic) bond motifs is 1. The second kappa shape index (κ2) is 6.10. The molecule has 2 aromatic rings. The summed E-state index contributed by atoms with van der Waals surface area (Å²) in [6, 6.07) is 8.64. The van der Waals surface area contributed by atoms with E-state index in [0.29, 0.717) is 0 Å². The Kier molecular flexibility index (Phi) is 4.17. The van der Waals surface area contributed by atoms with E-state index < -0.39 is 5.54 Å². The highest BCUT2D eigenvalue weighted by Gasteiger charge is 2.34. The summed E-state index contributed by atoms with van der Waals surface area (Å²) in [6.07, 6.45) is 7.73. The zero-order chi connectivity index (χ0) is 15.6. The van der Waals surface area contributed by atoms with E-state index in [1.807, 2.05) is 31.3 Å². The minimum Gasteiger partial charge on any atom is -0.304 e. The number of rotatable bonds is 3. The third kappa shape index (κ3) is 2.74. The molecule has 3 rings (SSSR count). The summed E-state index contributed by atoms with van der Waals surface area (Å²) in [7, 11) is 0. The first kappa shape index (κ1) is 15.1. The van der Waals surface area contributed by atoms with Crippen LogP contribution >= 0.6 is 0 Å². The zero-order valence-corrected chi connectivity index (χ0v) is 13.5. The van der Waals surface area contributed by atoms with E-state index in [1.54, 1.807) is 0 Å². The summed E-state index contributed by atoms with van der Waals surface area (Å²) in [4.78, 5) is 7.01. The van der Waals surface area contributed by atoms with Crippen LogP contribution in [-0.2, 0) is 6.42 Å². The van der Waals surface area contributed by atoms with Crippen molar-refractivity contribution in [1.29, 1.82) is 5.26 Å². The molecule has 2 aromatic heterocycles. The standard InChI is InChI=1S/C18H24N4/c1-15-16(22-12-8-5-9-17(22)20-15)13-18(2,14-19)21-10-6-3-4-7-11-21/h5,8-9,12H,3-4,6-7,10-11,13H2,1-2H3. The van der Waals surface area contributed by atoms with Gasteiger partial charge in [0.05, 0.1) is 11.8 Å². The number of pyridine rings is 1. The van der Waals surface area contributed by atoms with Crippen molar-refractivity contribution in [2.75, 3.05) is 13.1 Å². The second-order valence-electron chi connectivity index (χ2n) is 6.54. The molecular weight excluding hydrogens is 272 g/mol. The van der Waals surface area contributed by atoms with Gasteiger partial charge in [-0.15, -0.1) is 0 Å². The van der Waals surface area contributed by atoms with E-state index in [0.717, 1.165) is 36.5 Å². The minimum atomic E-state index is -0.457. The number of hydrogen-bond acceptors (Lipinski definition) is 3. The third-order valence-electron chi connectivity index (χ3n) is 4.89. The largest absolute Gasteiger partial charge is 0.304 e. The fourth-order valence-electron chi connectivity index (χ4n) is 3.49. The fraction of sp³-hybridized carbons (Fsp3) is 0.556. The molecule has 0 aliphatic carbocycles. The smallest absolute Gasteiger partial charge is 0.137 e. The van der Waals surface area contributed by atoms with Crippen LogP contribution in [0.1, 0.15) is 44.0 Å². The molecule has 0 radical (unpaired) electrons. The maximum atomic E-state index is 9.87. The minimum absolute atomic E-state index is 0.457. The Bertz CT molecular complexity index is 689. The Hall–Kier alpha value is -1.86. The summed E-state index contributed by atoms with van der Waals surface area (Å²) in [5, 5.41) is 9.87. The first-order valence-corrected chi connectivity index (χ1v) is 8.23. The predicted octanol–water partition coefficient (Wildman–Crippen LogP) is 3.34. The van der Waals surface area contributed by atoms with Crippen LogP contribution in [0, 0.1) is 18.3 Å². The highest BCUT2D eigenvalue weighted by atomic mass is 15.2. The number of aromatic nitrogens is 2. The Balaban J connectivity index is 1.94. The van der Waals surface area contributed by atoms with E-state index in [9.17, 15) is 5.26 Å². The van der Waals surface area contributed by atoms with Crippen LogP contribution in [0.4, 0.5) is 0 Å². The number of aryl methyl sites for hydroxylation is 1. The van der Waals surface area contributed by atoms with Crippen molar-refractivity contribution >= 4 is 5.65 Å². The van der Waals surface area contributed by atoms with E-state index >= 15 is 0 Å². The molecule has 0 bridgehead atoms. The van der Waals surface area contributed by atoms with Crippen molar-refractivity contribution in [3.8, 4) is 6.07 Å². The number of nitriles is 1. The molecule has 1 aliphatic heterocycles. The summed E-state index contributed by atoms with van der Waals surface area (Å²) in [5.74, 6) is 0. The number of imidazole rings is 1. The van der Waals surface area contributed by atoms with Gasteiger partial charge in [0.15, 0.2) is 0 Å². The van der Waals surface area contributed by atoms with Crippen molar-refractivity contribution in [3.05, 3.63) is 35.8 Å². The van der Waals surface area contributed by atoms with Gasteiger partial charge in [0.2, 0.25) is 0 Å². The number of likely N-dealkylation sites (tertiary alicyclic amines) is 1. The maximum Gasteiger partial charge on any atom is 0.137 e. The summed E-state index contributed by atoms with van der Waals surface area (Å²) in [6.45, 7) is 6.18. The normalized spacial score (nSPS) is 19.5. The number of hydrogen-bond donors (Lipinski definition) is 0. The molecule has 0 aromatic carbocycles. The molecule has 1 saturated heterocycles. The topological polar surface area (TPSA) is 44.3 Å². The molecule has 0 spiro atoms. The molecule has 4 nitrogen and oxygen atoms in total. The first-order chi connectivity index (χ1) is 10.6. The quantitative estimate of drug-likeness (QED) is 0.872. The van der Waals surface area contributed by atoms with Crippen molar-refractivity contribution in [2.45, 2.75) is 51.5 Å². The molecule has 1 aliphatic rings. The molecule has 1 fully saturated rings. The second-order valence-corrected chi connectivity index (χ2v) is 6.54. The van der Waals surface area contributed by atoms with Gasteiger partial charge in [0.25, 0.3) is 0 Å². The van der Waals surface area contributed by atoms with Gasteiger partial charge in [-0.05, 0) is 51.9 Å². The fourth-order valence-corrected chi connectivity index (χ4v) is 3.49. The van der Waals surface area contributed by atoms with Crippen LogP contribution in [0.2, 0.25) is 0 Å². The lowest BCUT2D eigenvalue weighted by molar-refractivity contribution is 0.156. The molecule has 116 valence electrons. The van der Waals surface area contributed by atoms with Crippen LogP contribution in [0.5, 0.6) is 0 Å². The molecule has 0 saturated carbocycles. The molecule has 1 unspecified atom stereocenters. The van der Waals surface area contributed by atoms with Gasteiger partial charge >= 0.3 is 0 Å². The van der Waals surface area contributed by atoms with Crippen LogP contribution in [0.15, 0.2) is 24.4 Å². The van der Waals surface area contributed by atoms with Crippen LogP contribution in [0.3, 0.4) is 0 Å². The molecular formula is C18H24N4. The van der Waals surface area contributed by atoms with Crippen molar-refractivity contribution in [1.82, 2.24) is 14.3 Å². The Morgan fingerprint density at radius 1 is 1.23 bits per heavy atom. The van der Waals surface area contributed by atoms with Gasteiger partial charge in [0, 0.05) is 18.3 Å². The monoisotopic (exact) mass is 296 g/mol. The summed E-state index contributed by atoms with van der Waals surface area (Å²) in [5.41, 5.74) is 2.69. The highest BCUT2D eigenvalue weighted by molar-refractivity contribution is 5.43. The van der Waals surface area contributed by atoms with Gasteiger partial charge < -0.3 is 4.40 Å². The van der Waals surface area contributed by atoms with Gasteiger partial charge in [-0.3, -0.25) is 4.90 Å². The molecule has 3 heterocycles.